The highest BCUT2D eigenvalue weighted by molar-refractivity contribution is 5.90. The van der Waals surface area contributed by atoms with Crippen LogP contribution in [0.25, 0.3) is 0 Å². The highest BCUT2D eigenvalue weighted by atomic mass is 19.1. The van der Waals surface area contributed by atoms with Gasteiger partial charge in [-0.15, -0.1) is 0 Å². The Morgan fingerprint density at radius 2 is 2.10 bits per heavy atom. The Kier molecular flexibility index (Phi) is 5.81. The van der Waals surface area contributed by atoms with Gasteiger partial charge in [0.1, 0.15) is 11.9 Å². The van der Waals surface area contributed by atoms with Crippen molar-refractivity contribution < 1.29 is 28.2 Å². The summed E-state index contributed by atoms with van der Waals surface area (Å²) in [5.74, 6) is -1.22. The Morgan fingerprint density at radius 3 is 2.73 bits per heavy atom. The number of benzene rings is 1. The average Bonchev–Trinajstić information content (AvgIpc) is 3.30. The van der Waals surface area contributed by atoms with Gasteiger partial charge in [0.15, 0.2) is 5.79 Å². The highest BCUT2D eigenvalue weighted by Crippen LogP contribution is 2.36. The summed E-state index contributed by atoms with van der Waals surface area (Å²) >= 11 is 0. The third-order valence-corrected chi connectivity index (χ3v) is 5.74. The largest absolute Gasteiger partial charge is 0.442 e. The molecular formula is C20H27FN4O5. The van der Waals surface area contributed by atoms with Crippen molar-refractivity contribution in [2.75, 3.05) is 49.1 Å². The van der Waals surface area contributed by atoms with Gasteiger partial charge in [-0.2, -0.15) is 0 Å². The van der Waals surface area contributed by atoms with Crippen molar-refractivity contribution in [1.82, 2.24) is 5.32 Å². The predicted octanol–water partition coefficient (Wildman–Crippen LogP) is 0.958. The molecule has 1 aromatic carbocycles. The van der Waals surface area contributed by atoms with E-state index < -0.39 is 23.8 Å². The third-order valence-electron chi connectivity index (χ3n) is 5.74. The van der Waals surface area contributed by atoms with Gasteiger partial charge in [-0.25, -0.2) is 9.18 Å². The number of carbonyl (C=O) groups excluding carboxylic acids is 2. The smallest absolute Gasteiger partial charge is 0.414 e. The molecular weight excluding hydrogens is 395 g/mol. The Labute approximate surface area is 174 Å². The van der Waals surface area contributed by atoms with Crippen LogP contribution in [0.4, 0.5) is 20.6 Å². The quantitative estimate of drug-likeness (QED) is 0.728. The summed E-state index contributed by atoms with van der Waals surface area (Å²) in [6.45, 7) is 3.98. The molecule has 3 aliphatic rings. The van der Waals surface area contributed by atoms with Crippen LogP contribution in [0.5, 0.6) is 0 Å². The third kappa shape index (κ3) is 4.21. The molecule has 3 saturated heterocycles. The number of hydrogen-bond acceptors (Lipinski definition) is 7. The summed E-state index contributed by atoms with van der Waals surface area (Å²) < 4.78 is 31.9. The molecule has 3 N–H and O–H groups in total. The Hall–Kier alpha value is -2.43. The lowest BCUT2D eigenvalue weighted by Gasteiger charge is -2.39. The van der Waals surface area contributed by atoms with Crippen LogP contribution in [0.3, 0.4) is 0 Å². The van der Waals surface area contributed by atoms with E-state index in [-0.39, 0.29) is 25.1 Å². The zero-order valence-electron chi connectivity index (χ0n) is 16.9. The van der Waals surface area contributed by atoms with E-state index in [1.165, 1.54) is 17.9 Å². The first kappa shape index (κ1) is 20.8. The summed E-state index contributed by atoms with van der Waals surface area (Å²) in [5.41, 5.74) is 6.56. The molecule has 10 heteroatoms. The molecule has 3 aliphatic heterocycles. The van der Waals surface area contributed by atoms with Crippen molar-refractivity contribution in [2.24, 2.45) is 5.73 Å². The van der Waals surface area contributed by atoms with E-state index in [0.717, 1.165) is 0 Å². The van der Waals surface area contributed by atoms with Crippen LogP contribution in [0, 0.1) is 5.82 Å². The molecule has 1 spiro atoms. The van der Waals surface area contributed by atoms with Crippen molar-refractivity contribution >= 4 is 23.4 Å². The first-order valence-electron chi connectivity index (χ1n) is 10.2. The maximum absolute atomic E-state index is 14.9. The molecule has 3 heterocycles. The lowest BCUT2D eigenvalue weighted by atomic mass is 10.0. The minimum atomic E-state index is -0.612. The number of halogens is 1. The summed E-state index contributed by atoms with van der Waals surface area (Å²) in [6.07, 6.45) is 0.165. The predicted molar refractivity (Wildman–Crippen MR) is 107 cm³/mol. The van der Waals surface area contributed by atoms with Gasteiger partial charge in [-0.3, -0.25) is 9.69 Å². The number of carbonyl (C=O) groups is 2. The van der Waals surface area contributed by atoms with Gasteiger partial charge in [-0.1, -0.05) is 0 Å². The van der Waals surface area contributed by atoms with Crippen molar-refractivity contribution in [2.45, 2.75) is 37.8 Å². The van der Waals surface area contributed by atoms with Gasteiger partial charge in [-0.05, 0) is 18.2 Å². The number of nitrogens with one attached hydrogen (secondary N) is 1. The van der Waals surface area contributed by atoms with Gasteiger partial charge in [0.2, 0.25) is 5.91 Å². The van der Waals surface area contributed by atoms with Crippen LogP contribution in [-0.4, -0.2) is 69.3 Å². The van der Waals surface area contributed by atoms with E-state index >= 15 is 0 Å². The van der Waals surface area contributed by atoms with Crippen LogP contribution in [0.2, 0.25) is 0 Å². The first-order chi connectivity index (χ1) is 14.4. The number of nitrogens with zero attached hydrogens (tertiary/aromatic N) is 2. The summed E-state index contributed by atoms with van der Waals surface area (Å²) in [5, 5.41) is 2.62. The maximum atomic E-state index is 14.9. The summed E-state index contributed by atoms with van der Waals surface area (Å²) in [6, 6.07) is 4.72. The van der Waals surface area contributed by atoms with Crippen LogP contribution in [-0.2, 0) is 19.0 Å². The monoisotopic (exact) mass is 422 g/mol. The highest BCUT2D eigenvalue weighted by Gasteiger charge is 2.43. The van der Waals surface area contributed by atoms with E-state index in [0.29, 0.717) is 50.5 Å². The Bertz CT molecular complexity index is 814. The van der Waals surface area contributed by atoms with Crippen molar-refractivity contribution in [1.29, 1.82) is 0 Å². The van der Waals surface area contributed by atoms with Crippen molar-refractivity contribution in [3.63, 3.8) is 0 Å². The van der Waals surface area contributed by atoms with Crippen molar-refractivity contribution in [3.05, 3.63) is 24.0 Å². The average molecular weight is 422 g/mol. The van der Waals surface area contributed by atoms with E-state index in [9.17, 15) is 14.0 Å². The number of ether oxygens (including phenoxy) is 3. The number of hydrogen-bond donors (Lipinski definition) is 2. The van der Waals surface area contributed by atoms with Gasteiger partial charge in [0.25, 0.3) is 0 Å². The molecule has 2 amide bonds. The van der Waals surface area contributed by atoms with Crippen LogP contribution in [0.1, 0.15) is 19.8 Å². The van der Waals surface area contributed by atoms with Crippen LogP contribution in [0.15, 0.2) is 18.2 Å². The van der Waals surface area contributed by atoms with Gasteiger partial charge >= 0.3 is 6.09 Å². The van der Waals surface area contributed by atoms with Crippen LogP contribution < -0.4 is 20.9 Å². The normalized spacial score (nSPS) is 25.6. The molecule has 0 aliphatic carbocycles. The molecule has 1 aromatic rings. The number of amides is 2. The fraction of sp³-hybridized carbons (Fsp3) is 0.600. The second-order valence-corrected chi connectivity index (χ2v) is 7.87. The molecule has 164 valence electrons. The summed E-state index contributed by atoms with van der Waals surface area (Å²) in [4.78, 5) is 26.5. The van der Waals surface area contributed by atoms with Gasteiger partial charge in [0.05, 0.1) is 37.2 Å². The SMILES string of the molecule is CC(=O)NCC1CN(c2ccc(N3CCC4(CC3)OCC(CN)O4)c(F)c2)C(=O)O1. The van der Waals surface area contributed by atoms with E-state index in [2.05, 4.69) is 5.32 Å². The molecule has 2 atom stereocenters. The molecule has 30 heavy (non-hydrogen) atoms. The number of cyclic esters (lactones) is 1. The Balaban J connectivity index is 1.38. The zero-order chi connectivity index (χ0) is 21.3. The minimum Gasteiger partial charge on any atom is -0.442 e. The van der Waals surface area contributed by atoms with E-state index in [1.54, 1.807) is 12.1 Å². The number of nitrogens with two attached hydrogens (primary N) is 1. The zero-order valence-corrected chi connectivity index (χ0v) is 16.9. The molecule has 2 unspecified atom stereocenters. The van der Waals surface area contributed by atoms with Gasteiger partial charge in [0, 0.05) is 39.4 Å². The lowest BCUT2D eigenvalue weighted by Crippen LogP contribution is -2.46. The lowest BCUT2D eigenvalue weighted by molar-refractivity contribution is -0.179. The number of piperidine rings is 1. The topological polar surface area (TPSA) is 106 Å². The summed E-state index contributed by atoms with van der Waals surface area (Å²) in [7, 11) is 0. The first-order valence-corrected chi connectivity index (χ1v) is 10.2. The molecule has 0 bridgehead atoms. The second-order valence-electron chi connectivity index (χ2n) is 7.87. The molecule has 9 nitrogen and oxygen atoms in total. The fourth-order valence-electron chi connectivity index (χ4n) is 4.10. The van der Waals surface area contributed by atoms with E-state index in [1.807, 2.05) is 4.90 Å². The van der Waals surface area contributed by atoms with E-state index in [4.69, 9.17) is 19.9 Å². The second kappa shape index (κ2) is 8.37. The number of anilines is 2. The Morgan fingerprint density at radius 1 is 1.33 bits per heavy atom. The fourth-order valence-corrected chi connectivity index (χ4v) is 4.10. The minimum absolute atomic E-state index is 0.0812. The standard InChI is InChI=1S/C20H27FN4O5/c1-13(26)23-10-16-11-25(19(27)29-16)14-2-3-18(17(21)8-14)24-6-4-20(5-7-24)28-12-15(9-22)30-20/h2-3,8,15-16H,4-7,9-12,22H2,1H3,(H,23,26). The molecule has 3 fully saturated rings. The maximum Gasteiger partial charge on any atom is 0.414 e. The molecule has 4 rings (SSSR count). The molecule has 0 saturated carbocycles. The van der Waals surface area contributed by atoms with Crippen molar-refractivity contribution in [3.8, 4) is 0 Å². The van der Waals surface area contributed by atoms with Gasteiger partial charge < -0.3 is 30.2 Å². The molecule has 0 aromatic heterocycles. The van der Waals surface area contributed by atoms with Crippen LogP contribution >= 0.6 is 0 Å². The molecule has 0 radical (unpaired) electrons. The number of rotatable bonds is 5.